The maximum Gasteiger partial charge on any atom is 0.0712 e. The maximum atomic E-state index is 6.01. The number of hydrogen-bond donors (Lipinski definition) is 1. The van der Waals surface area contributed by atoms with Crippen molar-refractivity contribution in [3.63, 3.8) is 0 Å². The van der Waals surface area contributed by atoms with Gasteiger partial charge in [0.2, 0.25) is 0 Å². The van der Waals surface area contributed by atoms with Gasteiger partial charge in [0.1, 0.15) is 0 Å². The molecule has 14 heavy (non-hydrogen) atoms. The summed E-state index contributed by atoms with van der Waals surface area (Å²) in [5, 5.41) is 0. The second-order valence-electron chi connectivity index (χ2n) is 3.20. The number of hydrogen-bond acceptors (Lipinski definition) is 2. The first-order valence-corrected chi connectivity index (χ1v) is 5.52. The minimum Gasteiger partial charge on any atom is -0.323 e. The number of rotatable bonds is 5. The summed E-state index contributed by atoms with van der Waals surface area (Å²) >= 11 is 3.44. The molecule has 0 bridgehead atoms. The molecule has 0 aliphatic carbocycles. The lowest BCUT2D eigenvalue weighted by molar-refractivity contribution is 0.600. The van der Waals surface area contributed by atoms with E-state index in [1.54, 1.807) is 6.20 Å². The monoisotopic (exact) mass is 254 g/mol. The molecule has 1 atom stereocenters. The Bertz CT molecular complexity index is 299. The van der Waals surface area contributed by atoms with Gasteiger partial charge in [-0.05, 0) is 47.3 Å². The zero-order chi connectivity index (χ0) is 10.4. The lowest BCUT2D eigenvalue weighted by Crippen LogP contribution is -2.12. The Hall–Kier alpha value is -0.670. The summed E-state index contributed by atoms with van der Waals surface area (Å²) in [6.45, 7) is 3.68. The first-order chi connectivity index (χ1) is 6.75. The largest absolute Gasteiger partial charge is 0.323 e. The van der Waals surface area contributed by atoms with Crippen LogP contribution in [-0.4, -0.2) is 4.98 Å². The molecule has 0 radical (unpaired) electrons. The van der Waals surface area contributed by atoms with Crippen molar-refractivity contribution in [2.24, 2.45) is 5.73 Å². The van der Waals surface area contributed by atoms with Gasteiger partial charge < -0.3 is 5.73 Å². The highest BCUT2D eigenvalue weighted by atomic mass is 79.9. The molecule has 2 nitrogen and oxygen atoms in total. The Kier molecular flexibility index (Phi) is 4.84. The molecule has 0 aliphatic rings. The Morgan fingerprint density at radius 3 is 3.07 bits per heavy atom. The highest BCUT2D eigenvalue weighted by Crippen LogP contribution is 2.22. The first kappa shape index (κ1) is 11.4. The predicted molar refractivity (Wildman–Crippen MR) is 62.9 cm³/mol. The van der Waals surface area contributed by atoms with Crippen LogP contribution in [0.4, 0.5) is 0 Å². The van der Waals surface area contributed by atoms with Gasteiger partial charge in [-0.3, -0.25) is 4.98 Å². The molecule has 0 fully saturated rings. The Morgan fingerprint density at radius 2 is 2.43 bits per heavy atom. The Balaban J connectivity index is 2.55. The van der Waals surface area contributed by atoms with Crippen LogP contribution in [-0.2, 0) is 0 Å². The van der Waals surface area contributed by atoms with Gasteiger partial charge in [0.15, 0.2) is 0 Å². The van der Waals surface area contributed by atoms with Crippen LogP contribution in [0, 0.1) is 0 Å². The van der Waals surface area contributed by atoms with E-state index < -0.39 is 0 Å². The molecule has 1 aromatic heterocycles. The van der Waals surface area contributed by atoms with E-state index in [9.17, 15) is 0 Å². The minimum atomic E-state index is 0.0190. The van der Waals surface area contributed by atoms with Gasteiger partial charge >= 0.3 is 0 Å². The van der Waals surface area contributed by atoms with Gasteiger partial charge in [0.25, 0.3) is 0 Å². The standard InChI is InChI=1S/C11H15BrN2/c1-2-3-4-7-10(13)11-9(12)6-5-8-14-11/h2,5-6,8,10H,1,3-4,7,13H2. The van der Waals surface area contributed by atoms with Crippen LogP contribution in [0.5, 0.6) is 0 Å². The Labute approximate surface area is 93.4 Å². The van der Waals surface area contributed by atoms with Gasteiger partial charge in [-0.15, -0.1) is 6.58 Å². The highest BCUT2D eigenvalue weighted by Gasteiger charge is 2.09. The molecule has 1 unspecified atom stereocenters. The molecule has 1 aromatic rings. The number of aromatic nitrogens is 1. The Morgan fingerprint density at radius 1 is 1.64 bits per heavy atom. The zero-order valence-corrected chi connectivity index (χ0v) is 9.70. The lowest BCUT2D eigenvalue weighted by atomic mass is 10.1. The number of pyridine rings is 1. The van der Waals surface area contributed by atoms with Crippen molar-refractivity contribution in [3.8, 4) is 0 Å². The van der Waals surface area contributed by atoms with Gasteiger partial charge in [-0.2, -0.15) is 0 Å². The van der Waals surface area contributed by atoms with Crippen LogP contribution < -0.4 is 5.73 Å². The molecule has 0 aromatic carbocycles. The number of halogens is 1. The third kappa shape index (κ3) is 3.24. The van der Waals surface area contributed by atoms with Gasteiger partial charge in [0.05, 0.1) is 5.69 Å². The van der Waals surface area contributed by atoms with Crippen LogP contribution in [0.3, 0.4) is 0 Å². The molecule has 0 saturated carbocycles. The van der Waals surface area contributed by atoms with E-state index in [-0.39, 0.29) is 6.04 Å². The van der Waals surface area contributed by atoms with Crippen LogP contribution in [0.15, 0.2) is 35.5 Å². The summed E-state index contributed by atoms with van der Waals surface area (Å²) in [6.07, 6.45) is 6.71. The summed E-state index contributed by atoms with van der Waals surface area (Å²) in [5.74, 6) is 0. The average molecular weight is 255 g/mol. The van der Waals surface area contributed by atoms with E-state index in [0.29, 0.717) is 0 Å². The molecule has 0 spiro atoms. The fraction of sp³-hybridized carbons (Fsp3) is 0.364. The van der Waals surface area contributed by atoms with Crippen molar-refractivity contribution in [3.05, 3.63) is 41.2 Å². The number of nitrogens with zero attached hydrogens (tertiary/aromatic N) is 1. The van der Waals surface area contributed by atoms with E-state index in [0.717, 1.165) is 29.4 Å². The molecule has 1 rings (SSSR count). The van der Waals surface area contributed by atoms with Crippen molar-refractivity contribution < 1.29 is 0 Å². The quantitative estimate of drug-likeness (QED) is 0.648. The number of allylic oxidation sites excluding steroid dienone is 1. The maximum absolute atomic E-state index is 6.01. The fourth-order valence-corrected chi connectivity index (χ4v) is 1.84. The predicted octanol–water partition coefficient (Wildman–Crippen LogP) is 3.20. The fourth-order valence-electron chi connectivity index (χ4n) is 1.29. The van der Waals surface area contributed by atoms with Crippen molar-refractivity contribution in [1.29, 1.82) is 0 Å². The van der Waals surface area contributed by atoms with Crippen LogP contribution >= 0.6 is 15.9 Å². The third-order valence-corrected chi connectivity index (χ3v) is 2.73. The second-order valence-corrected chi connectivity index (χ2v) is 4.05. The number of unbranched alkanes of at least 4 members (excludes halogenated alkanes) is 1. The molecular weight excluding hydrogens is 240 g/mol. The van der Waals surface area contributed by atoms with Crippen molar-refractivity contribution in [2.75, 3.05) is 0 Å². The molecular formula is C11H15BrN2. The van der Waals surface area contributed by atoms with Gasteiger partial charge in [0, 0.05) is 16.7 Å². The minimum absolute atomic E-state index is 0.0190. The van der Waals surface area contributed by atoms with E-state index >= 15 is 0 Å². The van der Waals surface area contributed by atoms with Crippen LogP contribution in [0.1, 0.15) is 31.0 Å². The second kappa shape index (κ2) is 5.94. The SMILES string of the molecule is C=CCCCC(N)c1ncccc1Br. The summed E-state index contributed by atoms with van der Waals surface area (Å²) in [4.78, 5) is 4.26. The van der Waals surface area contributed by atoms with E-state index in [1.165, 1.54) is 0 Å². The average Bonchev–Trinajstić information content (AvgIpc) is 2.18. The van der Waals surface area contributed by atoms with Gasteiger partial charge in [-0.1, -0.05) is 6.08 Å². The molecule has 0 aliphatic heterocycles. The zero-order valence-electron chi connectivity index (χ0n) is 8.12. The lowest BCUT2D eigenvalue weighted by Gasteiger charge is -2.11. The molecule has 76 valence electrons. The summed E-state index contributed by atoms with van der Waals surface area (Å²) in [6, 6.07) is 3.88. The van der Waals surface area contributed by atoms with Crippen molar-refractivity contribution in [1.82, 2.24) is 4.98 Å². The van der Waals surface area contributed by atoms with E-state index in [2.05, 4.69) is 27.5 Å². The van der Waals surface area contributed by atoms with Crippen LogP contribution in [0.25, 0.3) is 0 Å². The molecule has 0 amide bonds. The molecule has 3 heteroatoms. The first-order valence-electron chi connectivity index (χ1n) is 4.72. The molecule has 2 N–H and O–H groups in total. The van der Waals surface area contributed by atoms with Gasteiger partial charge in [-0.25, -0.2) is 0 Å². The summed E-state index contributed by atoms with van der Waals surface area (Å²) in [5.41, 5.74) is 6.95. The van der Waals surface area contributed by atoms with E-state index in [4.69, 9.17) is 5.73 Å². The third-order valence-electron chi connectivity index (χ3n) is 2.06. The summed E-state index contributed by atoms with van der Waals surface area (Å²) < 4.78 is 0.992. The highest BCUT2D eigenvalue weighted by molar-refractivity contribution is 9.10. The van der Waals surface area contributed by atoms with E-state index in [1.807, 2.05) is 18.2 Å². The summed E-state index contributed by atoms with van der Waals surface area (Å²) in [7, 11) is 0. The number of nitrogens with two attached hydrogens (primary N) is 1. The topological polar surface area (TPSA) is 38.9 Å². The normalized spacial score (nSPS) is 12.4. The molecule has 1 heterocycles. The smallest absolute Gasteiger partial charge is 0.0712 e. The van der Waals surface area contributed by atoms with Crippen LogP contribution in [0.2, 0.25) is 0 Å². The van der Waals surface area contributed by atoms with Crippen molar-refractivity contribution in [2.45, 2.75) is 25.3 Å². The molecule has 0 saturated heterocycles. The van der Waals surface area contributed by atoms with Crippen molar-refractivity contribution >= 4 is 15.9 Å².